The van der Waals surface area contributed by atoms with Crippen molar-refractivity contribution in [3.8, 4) is 5.75 Å². The van der Waals surface area contributed by atoms with Gasteiger partial charge in [-0.1, -0.05) is 0 Å². The normalized spacial score (nSPS) is 13.5. The molecule has 2 amide bonds. The molecule has 0 aromatic heterocycles. The first-order valence-electron chi connectivity index (χ1n) is 5.63. The van der Waals surface area contributed by atoms with E-state index < -0.39 is 10.8 Å². The molecule has 0 radical (unpaired) electrons. The minimum Gasteiger partial charge on any atom is -0.497 e. The molecule has 2 atom stereocenters. The van der Waals surface area contributed by atoms with Crippen LogP contribution < -0.4 is 15.4 Å². The van der Waals surface area contributed by atoms with Crippen LogP contribution in [0.25, 0.3) is 0 Å². The molecule has 7 heteroatoms. The second-order valence-electron chi connectivity index (χ2n) is 4.09. The van der Waals surface area contributed by atoms with Crippen molar-refractivity contribution in [1.82, 2.24) is 5.32 Å². The fourth-order valence-corrected chi connectivity index (χ4v) is 2.74. The van der Waals surface area contributed by atoms with Crippen molar-refractivity contribution in [1.29, 1.82) is 0 Å². The van der Waals surface area contributed by atoms with Gasteiger partial charge in [0.2, 0.25) is 0 Å². The monoisotopic (exact) mass is 348 g/mol. The van der Waals surface area contributed by atoms with E-state index in [1.165, 1.54) is 0 Å². The largest absolute Gasteiger partial charge is 0.497 e. The molecule has 1 aromatic rings. The van der Waals surface area contributed by atoms with Crippen molar-refractivity contribution in [2.24, 2.45) is 0 Å². The third-order valence-electron chi connectivity index (χ3n) is 2.29. The van der Waals surface area contributed by atoms with E-state index in [0.29, 0.717) is 17.2 Å². The van der Waals surface area contributed by atoms with Gasteiger partial charge in [0.15, 0.2) is 0 Å². The maximum atomic E-state index is 11.7. The molecule has 0 fully saturated rings. The van der Waals surface area contributed by atoms with Crippen LogP contribution in [0.5, 0.6) is 5.75 Å². The summed E-state index contributed by atoms with van der Waals surface area (Å²) < 4.78 is 16.8. The predicted octanol–water partition coefficient (Wildman–Crippen LogP) is 2.35. The van der Waals surface area contributed by atoms with Crippen LogP contribution in [-0.2, 0) is 10.8 Å². The fraction of sp³-hybridized carbons (Fsp3) is 0.417. The van der Waals surface area contributed by atoms with Crippen LogP contribution in [0.3, 0.4) is 0 Å². The number of amides is 2. The topological polar surface area (TPSA) is 67.4 Å². The molecule has 0 aliphatic rings. The highest BCUT2D eigenvalue weighted by Crippen LogP contribution is 2.26. The van der Waals surface area contributed by atoms with Gasteiger partial charge in [0, 0.05) is 33.3 Å². The van der Waals surface area contributed by atoms with E-state index in [1.807, 2.05) is 6.92 Å². The first-order chi connectivity index (χ1) is 8.92. The number of methoxy groups -OCH3 is 1. The Kier molecular flexibility index (Phi) is 6.30. The molecule has 0 saturated heterocycles. The molecule has 0 saturated carbocycles. The van der Waals surface area contributed by atoms with E-state index in [2.05, 4.69) is 26.6 Å². The quantitative estimate of drug-likeness (QED) is 0.858. The van der Waals surface area contributed by atoms with Crippen molar-refractivity contribution in [3.63, 3.8) is 0 Å². The van der Waals surface area contributed by atoms with Gasteiger partial charge in [0.25, 0.3) is 0 Å². The van der Waals surface area contributed by atoms with Crippen LogP contribution in [0.15, 0.2) is 22.7 Å². The fourth-order valence-electron chi connectivity index (χ4n) is 1.50. The number of ether oxygens (including phenoxy) is 1. The molecule has 0 aliphatic heterocycles. The summed E-state index contributed by atoms with van der Waals surface area (Å²) in [6, 6.07) is 4.78. The summed E-state index contributed by atoms with van der Waals surface area (Å²) in [5.41, 5.74) is 0.642. The molecule has 1 rings (SSSR count). The number of anilines is 1. The van der Waals surface area contributed by atoms with Gasteiger partial charge in [-0.25, -0.2) is 4.79 Å². The number of carbonyl (C=O) groups excluding carboxylic acids is 1. The van der Waals surface area contributed by atoms with Crippen molar-refractivity contribution in [2.45, 2.75) is 13.0 Å². The highest BCUT2D eigenvalue weighted by Gasteiger charge is 2.10. The van der Waals surface area contributed by atoms with Gasteiger partial charge in [0.05, 0.1) is 12.8 Å². The Hall–Kier alpha value is -1.08. The molecule has 106 valence electrons. The van der Waals surface area contributed by atoms with Gasteiger partial charge < -0.3 is 15.4 Å². The molecule has 0 spiro atoms. The molecule has 0 heterocycles. The number of benzene rings is 1. The third kappa shape index (κ3) is 5.61. The Morgan fingerprint density at radius 1 is 1.53 bits per heavy atom. The lowest BCUT2D eigenvalue weighted by Gasteiger charge is -2.14. The van der Waals surface area contributed by atoms with E-state index in [4.69, 9.17) is 4.74 Å². The Labute approximate surface area is 123 Å². The van der Waals surface area contributed by atoms with Crippen LogP contribution in [0.4, 0.5) is 10.5 Å². The number of hydrogen-bond donors (Lipinski definition) is 2. The summed E-state index contributed by atoms with van der Waals surface area (Å²) in [6.07, 6.45) is 1.61. The lowest BCUT2D eigenvalue weighted by atomic mass is 10.3. The zero-order chi connectivity index (χ0) is 14.4. The molecule has 0 aliphatic carbocycles. The van der Waals surface area contributed by atoms with Crippen LogP contribution in [-0.4, -0.2) is 35.4 Å². The summed E-state index contributed by atoms with van der Waals surface area (Å²) in [4.78, 5) is 11.7. The second-order valence-corrected chi connectivity index (χ2v) is 6.42. The predicted molar refractivity (Wildman–Crippen MR) is 81.2 cm³/mol. The van der Waals surface area contributed by atoms with Crippen molar-refractivity contribution in [3.05, 3.63) is 22.7 Å². The van der Waals surface area contributed by atoms with E-state index in [0.717, 1.165) is 4.47 Å². The number of halogens is 1. The van der Waals surface area contributed by atoms with Gasteiger partial charge in [0.1, 0.15) is 5.75 Å². The van der Waals surface area contributed by atoms with Crippen LogP contribution >= 0.6 is 15.9 Å². The molecular formula is C12H17BrN2O3S. The van der Waals surface area contributed by atoms with Crippen molar-refractivity contribution < 1.29 is 13.7 Å². The van der Waals surface area contributed by atoms with E-state index in [-0.39, 0.29) is 12.1 Å². The second kappa shape index (κ2) is 7.49. The summed E-state index contributed by atoms with van der Waals surface area (Å²) >= 11 is 3.35. The Balaban J connectivity index is 2.59. The van der Waals surface area contributed by atoms with E-state index in [1.54, 1.807) is 31.6 Å². The standard InChI is InChI=1S/C12H17BrN2O3S/c1-8(7-19(3)17)14-12(16)15-11-5-4-9(18-2)6-10(11)13/h4-6,8H,7H2,1-3H3,(H2,14,15,16)/t8-,19-/m0/s1. The molecule has 5 nitrogen and oxygen atoms in total. The Bertz CT molecular complexity index is 482. The maximum Gasteiger partial charge on any atom is 0.319 e. The van der Waals surface area contributed by atoms with Crippen molar-refractivity contribution >= 4 is 38.4 Å². The summed E-state index contributed by atoms with van der Waals surface area (Å²) in [5.74, 6) is 1.13. The molecule has 0 bridgehead atoms. The SMILES string of the molecule is COc1ccc(NC(=O)N[C@@H](C)C[S@](C)=O)c(Br)c1. The summed E-state index contributed by atoms with van der Waals surface area (Å²) in [7, 11) is 0.642. The lowest BCUT2D eigenvalue weighted by molar-refractivity contribution is 0.250. The smallest absolute Gasteiger partial charge is 0.319 e. The molecule has 1 aromatic carbocycles. The van der Waals surface area contributed by atoms with Crippen LogP contribution in [0.2, 0.25) is 0 Å². The number of hydrogen-bond acceptors (Lipinski definition) is 3. The zero-order valence-electron chi connectivity index (χ0n) is 11.0. The average Bonchev–Trinajstić information content (AvgIpc) is 2.30. The maximum absolute atomic E-state index is 11.7. The number of rotatable bonds is 5. The number of nitrogens with one attached hydrogen (secondary N) is 2. The third-order valence-corrected chi connectivity index (χ3v) is 3.91. The minimum absolute atomic E-state index is 0.150. The van der Waals surface area contributed by atoms with Gasteiger partial charge in [-0.05, 0) is 41.1 Å². The van der Waals surface area contributed by atoms with Crippen LogP contribution in [0, 0.1) is 0 Å². The van der Waals surface area contributed by atoms with E-state index in [9.17, 15) is 9.00 Å². The highest BCUT2D eigenvalue weighted by molar-refractivity contribution is 9.10. The molecule has 0 unspecified atom stereocenters. The molecule has 19 heavy (non-hydrogen) atoms. The Morgan fingerprint density at radius 2 is 2.21 bits per heavy atom. The van der Waals surface area contributed by atoms with E-state index >= 15 is 0 Å². The van der Waals surface area contributed by atoms with Crippen molar-refractivity contribution in [2.75, 3.05) is 24.4 Å². The average molecular weight is 349 g/mol. The first-order valence-corrected chi connectivity index (χ1v) is 8.15. The summed E-state index contributed by atoms with van der Waals surface area (Å²) in [6.45, 7) is 1.81. The molecule has 2 N–H and O–H groups in total. The lowest BCUT2D eigenvalue weighted by Crippen LogP contribution is -2.39. The van der Waals surface area contributed by atoms with Gasteiger partial charge in [-0.3, -0.25) is 4.21 Å². The molecular weight excluding hydrogens is 332 g/mol. The summed E-state index contributed by atoms with van der Waals surface area (Å²) in [5, 5.41) is 5.43. The van der Waals surface area contributed by atoms with Gasteiger partial charge in [-0.15, -0.1) is 0 Å². The minimum atomic E-state index is -0.936. The first kappa shape index (κ1) is 16.0. The zero-order valence-corrected chi connectivity index (χ0v) is 13.4. The highest BCUT2D eigenvalue weighted by atomic mass is 79.9. The van der Waals surface area contributed by atoms with Gasteiger partial charge >= 0.3 is 6.03 Å². The van der Waals surface area contributed by atoms with Gasteiger partial charge in [-0.2, -0.15) is 0 Å². The van der Waals surface area contributed by atoms with Crippen LogP contribution in [0.1, 0.15) is 6.92 Å². The number of urea groups is 1. The number of carbonyl (C=O) groups is 1. The Morgan fingerprint density at radius 3 is 2.74 bits per heavy atom.